The van der Waals surface area contributed by atoms with Gasteiger partial charge >= 0.3 is 0 Å². The fraction of sp³-hybridized carbons (Fsp3) is 0.412. The van der Waals surface area contributed by atoms with Gasteiger partial charge in [-0.15, -0.1) is 12.4 Å². The van der Waals surface area contributed by atoms with Crippen molar-refractivity contribution in [1.29, 1.82) is 0 Å². The first-order valence-corrected chi connectivity index (χ1v) is 8.08. The van der Waals surface area contributed by atoms with Gasteiger partial charge in [0, 0.05) is 6.54 Å². The van der Waals surface area contributed by atoms with Crippen molar-refractivity contribution in [3.63, 3.8) is 0 Å². The predicted octanol–water partition coefficient (Wildman–Crippen LogP) is 2.18. The maximum absolute atomic E-state index is 13.2. The molecule has 3 N–H and O–H groups in total. The number of amides is 1. The quantitative estimate of drug-likeness (QED) is 0.772. The molecule has 2 aromatic rings. The Kier molecular flexibility index (Phi) is 6.39. The average Bonchev–Trinajstić information content (AvgIpc) is 2.95. The number of aryl methyl sites for hydroxylation is 1. The molecule has 0 bridgehead atoms. The van der Waals surface area contributed by atoms with Crippen LogP contribution in [-0.4, -0.2) is 40.4 Å². The molecule has 1 aliphatic heterocycles. The van der Waals surface area contributed by atoms with E-state index in [-0.39, 0.29) is 29.7 Å². The molecular weight excluding hydrogens is 347 g/mol. The summed E-state index contributed by atoms with van der Waals surface area (Å²) in [5.74, 6) is -0.549. The number of rotatable bonds is 4. The lowest BCUT2D eigenvalue weighted by Crippen LogP contribution is -2.38. The summed E-state index contributed by atoms with van der Waals surface area (Å²) in [6, 6.07) is 4.26. The highest BCUT2D eigenvalue weighted by Gasteiger charge is 2.20. The van der Waals surface area contributed by atoms with E-state index >= 15 is 0 Å². The van der Waals surface area contributed by atoms with Gasteiger partial charge in [-0.25, -0.2) is 9.07 Å². The molecule has 1 atom stereocenters. The molecule has 6 nitrogen and oxygen atoms in total. The molecule has 3 rings (SSSR count). The van der Waals surface area contributed by atoms with E-state index in [0.29, 0.717) is 23.7 Å². The van der Waals surface area contributed by atoms with Gasteiger partial charge in [0.2, 0.25) is 0 Å². The summed E-state index contributed by atoms with van der Waals surface area (Å²) in [7, 11) is 0. The molecule has 1 aliphatic rings. The Bertz CT molecular complexity index is 744. The molecule has 1 amide bonds. The van der Waals surface area contributed by atoms with Crippen LogP contribution in [0.4, 0.5) is 4.39 Å². The molecule has 0 spiro atoms. The monoisotopic (exact) mass is 368 g/mol. The van der Waals surface area contributed by atoms with E-state index in [1.807, 2.05) is 0 Å². The van der Waals surface area contributed by atoms with E-state index in [9.17, 15) is 14.3 Å². The summed E-state index contributed by atoms with van der Waals surface area (Å²) >= 11 is 0. The summed E-state index contributed by atoms with van der Waals surface area (Å²) in [4.78, 5) is 12.3. The molecule has 1 aromatic carbocycles. The minimum Gasteiger partial charge on any atom is -0.504 e. The van der Waals surface area contributed by atoms with Gasteiger partial charge in [-0.05, 0) is 62.5 Å². The first kappa shape index (κ1) is 19.2. The van der Waals surface area contributed by atoms with Crippen molar-refractivity contribution < 1.29 is 14.3 Å². The highest BCUT2D eigenvalue weighted by Crippen LogP contribution is 2.21. The van der Waals surface area contributed by atoms with E-state index < -0.39 is 5.91 Å². The Morgan fingerprint density at radius 1 is 1.52 bits per heavy atom. The molecule has 0 saturated carbocycles. The second-order valence-electron chi connectivity index (χ2n) is 6.16. The fourth-order valence-corrected chi connectivity index (χ4v) is 2.94. The Balaban J connectivity index is 0.00000225. The molecule has 1 saturated heterocycles. The van der Waals surface area contributed by atoms with Gasteiger partial charge in [0.25, 0.3) is 5.91 Å². The Morgan fingerprint density at radius 3 is 3.00 bits per heavy atom. The van der Waals surface area contributed by atoms with Crippen molar-refractivity contribution in [1.82, 2.24) is 20.4 Å². The number of hydrogen-bond donors (Lipinski definition) is 3. The Hall–Kier alpha value is -2.12. The van der Waals surface area contributed by atoms with Gasteiger partial charge in [0.15, 0.2) is 11.4 Å². The number of nitrogens with zero attached hydrogens (tertiary/aromatic N) is 2. The first-order chi connectivity index (χ1) is 11.5. The lowest BCUT2D eigenvalue weighted by Gasteiger charge is -2.22. The van der Waals surface area contributed by atoms with Gasteiger partial charge in [0.1, 0.15) is 5.82 Å². The van der Waals surface area contributed by atoms with Crippen LogP contribution in [0.2, 0.25) is 0 Å². The van der Waals surface area contributed by atoms with E-state index in [0.717, 1.165) is 25.9 Å². The number of carbonyl (C=O) groups excluding carboxylic acids is 1. The van der Waals surface area contributed by atoms with E-state index in [2.05, 4.69) is 15.7 Å². The van der Waals surface area contributed by atoms with Gasteiger partial charge < -0.3 is 15.7 Å². The largest absolute Gasteiger partial charge is 0.504 e. The second-order valence-corrected chi connectivity index (χ2v) is 6.16. The fourth-order valence-electron chi connectivity index (χ4n) is 2.94. The van der Waals surface area contributed by atoms with Crippen molar-refractivity contribution in [2.45, 2.75) is 19.8 Å². The molecule has 0 aliphatic carbocycles. The molecule has 0 radical (unpaired) electrons. The second kappa shape index (κ2) is 8.31. The third-order valence-electron chi connectivity index (χ3n) is 4.27. The van der Waals surface area contributed by atoms with Crippen LogP contribution in [0.3, 0.4) is 0 Å². The van der Waals surface area contributed by atoms with Crippen molar-refractivity contribution in [3.8, 4) is 11.4 Å². The van der Waals surface area contributed by atoms with E-state index in [1.165, 1.54) is 23.0 Å². The normalized spacial score (nSPS) is 17.0. The number of halogens is 2. The van der Waals surface area contributed by atoms with Crippen LogP contribution in [-0.2, 0) is 0 Å². The van der Waals surface area contributed by atoms with Crippen molar-refractivity contribution >= 4 is 18.3 Å². The van der Waals surface area contributed by atoms with Crippen LogP contribution in [0.15, 0.2) is 24.4 Å². The molecule has 1 aromatic heterocycles. The molecule has 25 heavy (non-hydrogen) atoms. The standard InChI is InChI=1S/C17H21FN4O2.ClH/c1-11-7-13(18)4-5-14(11)22-10-15(23)16(21-22)17(24)20-9-12-3-2-6-19-8-12;/h4-5,7,10,12,19,23H,2-3,6,8-9H2,1H3,(H,20,24);1H. The summed E-state index contributed by atoms with van der Waals surface area (Å²) in [5, 5.41) is 20.3. The summed E-state index contributed by atoms with van der Waals surface area (Å²) < 4.78 is 14.6. The van der Waals surface area contributed by atoms with Gasteiger partial charge in [-0.1, -0.05) is 0 Å². The van der Waals surface area contributed by atoms with Crippen molar-refractivity contribution in [3.05, 3.63) is 41.5 Å². The minimum atomic E-state index is -0.406. The third kappa shape index (κ3) is 4.49. The number of aromatic hydroxyl groups is 1. The molecule has 1 fully saturated rings. The van der Waals surface area contributed by atoms with Crippen molar-refractivity contribution in [2.24, 2.45) is 5.92 Å². The Morgan fingerprint density at radius 2 is 2.32 bits per heavy atom. The number of nitrogens with one attached hydrogen (secondary N) is 2. The van der Waals surface area contributed by atoms with Crippen LogP contribution < -0.4 is 10.6 Å². The van der Waals surface area contributed by atoms with Crippen LogP contribution in [0, 0.1) is 18.7 Å². The lowest BCUT2D eigenvalue weighted by atomic mass is 10.00. The van der Waals surface area contributed by atoms with Gasteiger partial charge in [0.05, 0.1) is 11.9 Å². The minimum absolute atomic E-state index is 0. The lowest BCUT2D eigenvalue weighted by molar-refractivity contribution is 0.0937. The van der Waals surface area contributed by atoms with Gasteiger partial charge in [-0.3, -0.25) is 4.79 Å². The SMILES string of the molecule is Cc1cc(F)ccc1-n1cc(O)c(C(=O)NCC2CCCNC2)n1.Cl. The molecule has 2 heterocycles. The zero-order chi connectivity index (χ0) is 17.1. The molecule has 8 heteroatoms. The van der Waals surface area contributed by atoms with Crippen LogP contribution in [0.1, 0.15) is 28.9 Å². The summed E-state index contributed by atoms with van der Waals surface area (Å²) in [5.41, 5.74) is 1.25. The maximum atomic E-state index is 13.2. The molecule has 136 valence electrons. The highest BCUT2D eigenvalue weighted by molar-refractivity contribution is 5.94. The molecular formula is C17H22ClFN4O2. The average molecular weight is 369 g/mol. The highest BCUT2D eigenvalue weighted by atomic mass is 35.5. The Labute approximate surface area is 151 Å². The van der Waals surface area contributed by atoms with Crippen LogP contribution in [0.5, 0.6) is 5.75 Å². The zero-order valence-electron chi connectivity index (χ0n) is 14.0. The molecule has 1 unspecified atom stereocenters. The van der Waals surface area contributed by atoms with Crippen molar-refractivity contribution in [2.75, 3.05) is 19.6 Å². The number of piperidine rings is 1. The smallest absolute Gasteiger partial charge is 0.275 e. The summed E-state index contributed by atoms with van der Waals surface area (Å²) in [6.45, 7) is 4.20. The maximum Gasteiger partial charge on any atom is 0.275 e. The third-order valence-corrected chi connectivity index (χ3v) is 4.27. The van der Waals surface area contributed by atoms with Crippen LogP contribution in [0.25, 0.3) is 5.69 Å². The van der Waals surface area contributed by atoms with Gasteiger partial charge in [-0.2, -0.15) is 5.10 Å². The zero-order valence-corrected chi connectivity index (χ0v) is 14.8. The summed E-state index contributed by atoms with van der Waals surface area (Å²) in [6.07, 6.45) is 3.53. The topological polar surface area (TPSA) is 79.2 Å². The number of carbonyl (C=O) groups is 1. The first-order valence-electron chi connectivity index (χ1n) is 8.08. The predicted molar refractivity (Wildman–Crippen MR) is 95.1 cm³/mol. The number of aromatic nitrogens is 2. The van der Waals surface area contributed by atoms with Crippen LogP contribution >= 0.6 is 12.4 Å². The van der Waals surface area contributed by atoms with E-state index in [1.54, 1.807) is 13.0 Å². The number of benzene rings is 1. The number of hydrogen-bond acceptors (Lipinski definition) is 4. The van der Waals surface area contributed by atoms with E-state index in [4.69, 9.17) is 0 Å².